The Balaban J connectivity index is 2.14. The van der Waals surface area contributed by atoms with Gasteiger partial charge in [0.05, 0.1) is 0 Å². The lowest BCUT2D eigenvalue weighted by Gasteiger charge is -2.28. The molecule has 0 bridgehead atoms. The van der Waals surface area contributed by atoms with Gasteiger partial charge >= 0.3 is 0 Å². The molecule has 5 heteroatoms. The Labute approximate surface area is 116 Å². The number of carbonyl (C=O) groups is 1. The van der Waals surface area contributed by atoms with Gasteiger partial charge in [-0.1, -0.05) is 11.6 Å². The summed E-state index contributed by atoms with van der Waals surface area (Å²) in [4.78, 5) is 13.9. The smallest absolute Gasteiger partial charge is 0.245 e. The molecule has 0 saturated carbocycles. The van der Waals surface area contributed by atoms with E-state index in [0.29, 0.717) is 5.56 Å². The van der Waals surface area contributed by atoms with Crippen LogP contribution >= 0.6 is 23.2 Å². The molecule has 1 unspecified atom stereocenters. The predicted octanol–water partition coefficient (Wildman–Crippen LogP) is 3.77. The van der Waals surface area contributed by atoms with Crippen LogP contribution in [0.2, 0.25) is 5.02 Å². The lowest BCUT2D eigenvalue weighted by atomic mass is 10.1. The third-order valence-electron chi connectivity index (χ3n) is 3.06. The molecule has 98 valence electrons. The van der Waals surface area contributed by atoms with Crippen LogP contribution in [0.5, 0.6) is 0 Å². The Hall–Kier alpha value is -0.800. The molecule has 1 aromatic carbocycles. The van der Waals surface area contributed by atoms with Crippen molar-refractivity contribution in [3.05, 3.63) is 34.6 Å². The van der Waals surface area contributed by atoms with Crippen LogP contribution in [0.1, 0.15) is 30.2 Å². The number of likely N-dealkylation sites (tertiary alicyclic amines) is 1. The highest BCUT2D eigenvalue weighted by atomic mass is 35.5. The molecule has 1 aromatic rings. The fourth-order valence-electron chi connectivity index (χ4n) is 2.14. The first-order valence-electron chi connectivity index (χ1n) is 5.97. The first-order valence-corrected chi connectivity index (χ1v) is 6.78. The quantitative estimate of drug-likeness (QED) is 0.759. The summed E-state index contributed by atoms with van der Waals surface area (Å²) in [5.74, 6) is -0.646. The number of halogens is 3. The summed E-state index contributed by atoms with van der Waals surface area (Å²) in [5.41, 5.74) is 0.414. The predicted molar refractivity (Wildman–Crippen MR) is 70.4 cm³/mol. The van der Waals surface area contributed by atoms with Crippen molar-refractivity contribution in [1.82, 2.24) is 4.90 Å². The number of amides is 1. The molecule has 0 N–H and O–H groups in total. The maximum absolute atomic E-state index is 13.2. The first-order chi connectivity index (χ1) is 8.58. The van der Waals surface area contributed by atoms with Crippen LogP contribution in [-0.4, -0.2) is 23.9 Å². The Kier molecular flexibility index (Phi) is 4.46. The van der Waals surface area contributed by atoms with Gasteiger partial charge in [0.2, 0.25) is 5.91 Å². The van der Waals surface area contributed by atoms with Gasteiger partial charge in [-0.3, -0.25) is 4.79 Å². The molecule has 18 heavy (non-hydrogen) atoms. The second-order valence-electron chi connectivity index (χ2n) is 4.45. The van der Waals surface area contributed by atoms with Gasteiger partial charge in [-0.2, -0.15) is 0 Å². The Morgan fingerprint density at radius 2 is 1.89 bits per heavy atom. The Morgan fingerprint density at radius 3 is 2.50 bits per heavy atom. The zero-order chi connectivity index (χ0) is 13.1. The van der Waals surface area contributed by atoms with Gasteiger partial charge in [-0.25, -0.2) is 4.39 Å². The minimum absolute atomic E-state index is 0.168. The van der Waals surface area contributed by atoms with E-state index in [1.54, 1.807) is 4.90 Å². The second kappa shape index (κ2) is 5.89. The van der Waals surface area contributed by atoms with Crippen LogP contribution in [0.4, 0.5) is 4.39 Å². The molecule has 1 fully saturated rings. The van der Waals surface area contributed by atoms with Gasteiger partial charge in [0.1, 0.15) is 11.2 Å². The Morgan fingerprint density at radius 1 is 1.22 bits per heavy atom. The lowest BCUT2D eigenvalue weighted by molar-refractivity contribution is -0.131. The van der Waals surface area contributed by atoms with E-state index in [9.17, 15) is 9.18 Å². The molecule has 1 atom stereocenters. The minimum atomic E-state index is -0.865. The molecule has 0 radical (unpaired) electrons. The van der Waals surface area contributed by atoms with Crippen LogP contribution < -0.4 is 0 Å². The fraction of sp³-hybridized carbons (Fsp3) is 0.462. The van der Waals surface area contributed by atoms with Gasteiger partial charge < -0.3 is 4.90 Å². The molecule has 1 amide bonds. The zero-order valence-corrected chi connectivity index (χ0v) is 11.3. The molecule has 0 spiro atoms. The topological polar surface area (TPSA) is 20.3 Å². The van der Waals surface area contributed by atoms with Crippen molar-refractivity contribution in [2.24, 2.45) is 0 Å². The molecule has 0 aliphatic carbocycles. The summed E-state index contributed by atoms with van der Waals surface area (Å²) in [5, 5.41) is -0.613. The van der Waals surface area contributed by atoms with Crippen LogP contribution in [-0.2, 0) is 4.79 Å². The van der Waals surface area contributed by atoms with Crippen molar-refractivity contribution in [3.8, 4) is 0 Å². The molecule has 1 aliphatic rings. The first kappa shape index (κ1) is 13.6. The summed E-state index contributed by atoms with van der Waals surface area (Å²) < 4.78 is 13.2. The van der Waals surface area contributed by atoms with Crippen molar-refractivity contribution in [2.75, 3.05) is 13.1 Å². The van der Waals surface area contributed by atoms with Crippen LogP contribution in [0.25, 0.3) is 0 Å². The van der Waals surface area contributed by atoms with E-state index >= 15 is 0 Å². The van der Waals surface area contributed by atoms with Crippen molar-refractivity contribution in [1.29, 1.82) is 0 Å². The van der Waals surface area contributed by atoms with Gasteiger partial charge in [0, 0.05) is 18.1 Å². The molecule has 2 nitrogen and oxygen atoms in total. The van der Waals surface area contributed by atoms with Gasteiger partial charge in [-0.05, 0) is 43.0 Å². The molecule has 0 aromatic heterocycles. The van der Waals surface area contributed by atoms with Gasteiger partial charge in [0.15, 0.2) is 0 Å². The van der Waals surface area contributed by atoms with Crippen molar-refractivity contribution in [3.63, 3.8) is 0 Å². The fourth-order valence-corrected chi connectivity index (χ4v) is 2.63. The molecule has 2 rings (SSSR count). The summed E-state index contributed by atoms with van der Waals surface area (Å²) >= 11 is 11.9. The summed E-state index contributed by atoms with van der Waals surface area (Å²) in [7, 11) is 0. The maximum Gasteiger partial charge on any atom is 0.245 e. The van der Waals surface area contributed by atoms with E-state index in [1.807, 2.05) is 0 Å². The standard InChI is InChI=1S/C13H14Cl2FNO/c14-10-6-9(7-11(16)8-10)12(15)13(18)17-4-2-1-3-5-17/h6-8,12H,1-5H2. The molecule has 1 heterocycles. The van der Waals surface area contributed by atoms with Gasteiger partial charge in [0.25, 0.3) is 0 Å². The third kappa shape index (κ3) is 3.15. The normalized spacial score (nSPS) is 17.6. The minimum Gasteiger partial charge on any atom is -0.341 e. The van der Waals surface area contributed by atoms with Crippen molar-refractivity contribution >= 4 is 29.1 Å². The number of benzene rings is 1. The largest absolute Gasteiger partial charge is 0.341 e. The van der Waals surface area contributed by atoms with Crippen molar-refractivity contribution in [2.45, 2.75) is 24.6 Å². The third-order valence-corrected chi connectivity index (χ3v) is 3.72. The average molecular weight is 290 g/mol. The van der Waals surface area contributed by atoms with Crippen molar-refractivity contribution < 1.29 is 9.18 Å². The van der Waals surface area contributed by atoms with E-state index in [2.05, 4.69) is 0 Å². The summed E-state index contributed by atoms with van der Waals surface area (Å²) in [6.07, 6.45) is 3.14. The monoisotopic (exact) mass is 289 g/mol. The maximum atomic E-state index is 13.2. The highest BCUT2D eigenvalue weighted by molar-refractivity contribution is 6.32. The highest BCUT2D eigenvalue weighted by Gasteiger charge is 2.25. The van der Waals surface area contributed by atoms with E-state index in [1.165, 1.54) is 18.2 Å². The number of hydrogen-bond acceptors (Lipinski definition) is 1. The lowest BCUT2D eigenvalue weighted by Crippen LogP contribution is -2.37. The summed E-state index contributed by atoms with van der Waals surface area (Å²) in [6, 6.07) is 3.98. The molecule has 1 saturated heterocycles. The number of alkyl halides is 1. The van der Waals surface area contributed by atoms with E-state index in [-0.39, 0.29) is 10.9 Å². The highest BCUT2D eigenvalue weighted by Crippen LogP contribution is 2.27. The van der Waals surface area contributed by atoms with E-state index < -0.39 is 11.2 Å². The zero-order valence-electron chi connectivity index (χ0n) is 9.83. The average Bonchev–Trinajstić information content (AvgIpc) is 2.37. The van der Waals surface area contributed by atoms with Gasteiger partial charge in [-0.15, -0.1) is 11.6 Å². The van der Waals surface area contributed by atoms with E-state index in [0.717, 1.165) is 32.4 Å². The molecule has 1 aliphatic heterocycles. The number of rotatable bonds is 2. The van der Waals surface area contributed by atoms with Crippen LogP contribution in [0.3, 0.4) is 0 Å². The number of piperidine rings is 1. The Bertz CT molecular complexity index is 426. The number of nitrogens with zero attached hydrogens (tertiary/aromatic N) is 1. The second-order valence-corrected chi connectivity index (χ2v) is 5.32. The van der Waals surface area contributed by atoms with Crippen LogP contribution in [0.15, 0.2) is 18.2 Å². The SMILES string of the molecule is O=C(C(Cl)c1cc(F)cc(Cl)c1)N1CCCCC1. The number of carbonyl (C=O) groups excluding carboxylic acids is 1. The van der Waals surface area contributed by atoms with E-state index in [4.69, 9.17) is 23.2 Å². The molecular weight excluding hydrogens is 276 g/mol. The number of hydrogen-bond donors (Lipinski definition) is 0. The van der Waals surface area contributed by atoms with Crippen LogP contribution in [0, 0.1) is 5.82 Å². The summed E-state index contributed by atoms with van der Waals surface area (Å²) in [6.45, 7) is 1.45. The molecular formula is C13H14Cl2FNO.